The molecule has 180 valence electrons. The van der Waals surface area contributed by atoms with Crippen LogP contribution in [0.15, 0.2) is 70.8 Å². The Balaban J connectivity index is 1.49. The lowest BCUT2D eigenvalue weighted by Crippen LogP contribution is -2.22. The quantitative estimate of drug-likeness (QED) is 0.431. The van der Waals surface area contributed by atoms with E-state index in [-0.39, 0.29) is 28.4 Å². The molecular weight excluding hydrogens is 445 g/mol. The van der Waals surface area contributed by atoms with Gasteiger partial charge >= 0.3 is 0 Å². The number of ether oxygens (including phenoxy) is 1. The maximum absolute atomic E-state index is 13.9. The van der Waals surface area contributed by atoms with Crippen molar-refractivity contribution in [1.82, 2.24) is 9.97 Å². The van der Waals surface area contributed by atoms with Crippen molar-refractivity contribution in [3.63, 3.8) is 0 Å². The molecule has 0 amide bonds. The number of nitrogens with one attached hydrogen (secondary N) is 2. The maximum Gasteiger partial charge on any atom is 0.141 e. The van der Waals surface area contributed by atoms with Gasteiger partial charge in [-0.1, -0.05) is 18.2 Å². The van der Waals surface area contributed by atoms with E-state index in [4.69, 9.17) is 15.9 Å². The van der Waals surface area contributed by atoms with E-state index < -0.39 is 5.82 Å². The van der Waals surface area contributed by atoms with E-state index >= 15 is 0 Å². The third-order valence-corrected chi connectivity index (χ3v) is 6.53. The van der Waals surface area contributed by atoms with E-state index in [0.29, 0.717) is 19.0 Å². The number of allylic oxidation sites excluding steroid dienone is 5. The molecule has 0 spiro atoms. The van der Waals surface area contributed by atoms with Gasteiger partial charge in [0.25, 0.3) is 0 Å². The normalized spacial score (nSPS) is 17.6. The number of rotatable bonds is 6. The fourth-order valence-corrected chi connectivity index (χ4v) is 4.88. The van der Waals surface area contributed by atoms with Crippen molar-refractivity contribution in [3.05, 3.63) is 87.8 Å². The molecule has 0 unspecified atom stereocenters. The number of hydrogen-bond acceptors (Lipinski definition) is 7. The van der Waals surface area contributed by atoms with E-state index in [1.54, 1.807) is 0 Å². The molecule has 0 radical (unpaired) electrons. The van der Waals surface area contributed by atoms with Crippen molar-refractivity contribution >= 4 is 17.3 Å². The molecule has 1 aliphatic heterocycles. The Morgan fingerprint density at radius 1 is 1.09 bits per heavy atom. The Kier molecular flexibility index (Phi) is 6.35. The van der Waals surface area contributed by atoms with Gasteiger partial charge in [-0.2, -0.15) is 0 Å². The number of phenolic OH excluding ortho intramolecular Hbond substituents is 1. The third kappa shape index (κ3) is 4.69. The zero-order valence-corrected chi connectivity index (χ0v) is 19.4. The zero-order valence-electron chi connectivity index (χ0n) is 19.4. The average molecular weight is 474 g/mol. The number of aromatic hydroxyl groups is 1. The summed E-state index contributed by atoms with van der Waals surface area (Å²) in [6.45, 7) is 0.874. The molecule has 2 aliphatic carbocycles. The molecule has 0 saturated carbocycles. The molecule has 0 bridgehead atoms. The summed E-state index contributed by atoms with van der Waals surface area (Å²) < 4.78 is 20.1. The van der Waals surface area contributed by atoms with Gasteiger partial charge in [-0.25, -0.2) is 14.4 Å². The molecule has 5 rings (SSSR count). The number of hydrogen-bond donors (Lipinski definition) is 4. The number of halogens is 1. The number of nitrogens with two attached hydrogens (primary N) is 1. The molecule has 1 aromatic heterocycles. The van der Waals surface area contributed by atoms with Crippen molar-refractivity contribution in [2.24, 2.45) is 0 Å². The monoisotopic (exact) mass is 473 g/mol. The summed E-state index contributed by atoms with van der Waals surface area (Å²) in [5.74, 6) is 0.348. The molecule has 8 heteroatoms. The first kappa shape index (κ1) is 22.8. The fraction of sp³-hybridized carbons (Fsp3) is 0.296. The molecule has 7 nitrogen and oxygen atoms in total. The van der Waals surface area contributed by atoms with Crippen LogP contribution in [0.3, 0.4) is 0 Å². The molecular formula is C27H28FN5O2. The van der Waals surface area contributed by atoms with Crippen LogP contribution in [0.25, 0.3) is 0 Å². The summed E-state index contributed by atoms with van der Waals surface area (Å²) >= 11 is 0. The smallest absolute Gasteiger partial charge is 0.141 e. The highest BCUT2D eigenvalue weighted by atomic mass is 19.1. The fourth-order valence-electron chi connectivity index (χ4n) is 4.88. The van der Waals surface area contributed by atoms with Crippen LogP contribution in [-0.2, 0) is 4.74 Å². The molecule has 1 aromatic carbocycles. The Morgan fingerprint density at radius 2 is 1.91 bits per heavy atom. The molecule has 2 aromatic rings. The van der Waals surface area contributed by atoms with E-state index in [9.17, 15) is 9.50 Å². The summed E-state index contributed by atoms with van der Waals surface area (Å²) in [6.07, 6.45) is 14.7. The molecule has 5 N–H and O–H groups in total. The second kappa shape index (κ2) is 9.74. The maximum atomic E-state index is 13.9. The lowest BCUT2D eigenvalue weighted by atomic mass is 9.82. The first-order valence-electron chi connectivity index (χ1n) is 11.9. The Bertz CT molecular complexity index is 1290. The van der Waals surface area contributed by atoms with Crippen molar-refractivity contribution in [1.29, 1.82) is 5.41 Å². The van der Waals surface area contributed by atoms with Gasteiger partial charge in [0.15, 0.2) is 0 Å². The van der Waals surface area contributed by atoms with Gasteiger partial charge in [0.05, 0.1) is 17.8 Å². The highest BCUT2D eigenvalue weighted by molar-refractivity contribution is 6.16. The lowest BCUT2D eigenvalue weighted by Gasteiger charge is -2.31. The number of phenols is 1. The van der Waals surface area contributed by atoms with Crippen LogP contribution in [0.4, 0.5) is 16.0 Å². The van der Waals surface area contributed by atoms with Gasteiger partial charge in [0.2, 0.25) is 0 Å². The van der Waals surface area contributed by atoms with Gasteiger partial charge in [0.1, 0.15) is 41.9 Å². The number of fused-ring (bicyclic) bond motifs is 1. The van der Waals surface area contributed by atoms with E-state index in [1.165, 1.54) is 41.6 Å². The summed E-state index contributed by atoms with van der Waals surface area (Å²) in [7, 11) is 0. The van der Waals surface area contributed by atoms with E-state index in [0.717, 1.165) is 49.5 Å². The van der Waals surface area contributed by atoms with Gasteiger partial charge in [-0.05, 0) is 67.4 Å². The molecule has 35 heavy (non-hydrogen) atoms. The summed E-state index contributed by atoms with van der Waals surface area (Å²) in [4.78, 5) is 8.35. The van der Waals surface area contributed by atoms with Gasteiger partial charge < -0.3 is 20.9 Å². The average Bonchev–Trinajstić information content (AvgIpc) is 2.86. The predicted molar refractivity (Wildman–Crippen MR) is 134 cm³/mol. The van der Waals surface area contributed by atoms with Crippen LogP contribution in [0.1, 0.15) is 49.7 Å². The second-order valence-corrected chi connectivity index (χ2v) is 8.90. The molecule has 2 heterocycles. The first-order valence-corrected chi connectivity index (χ1v) is 11.9. The zero-order chi connectivity index (χ0) is 24.4. The summed E-state index contributed by atoms with van der Waals surface area (Å²) in [5, 5.41) is 21.7. The van der Waals surface area contributed by atoms with E-state index in [2.05, 4.69) is 33.5 Å². The van der Waals surface area contributed by atoms with Crippen LogP contribution in [-0.4, -0.2) is 33.9 Å². The van der Waals surface area contributed by atoms with Crippen LogP contribution in [0.5, 0.6) is 5.75 Å². The van der Waals surface area contributed by atoms with Gasteiger partial charge in [-0.15, -0.1) is 0 Å². The first-order chi connectivity index (χ1) is 17.0. The van der Waals surface area contributed by atoms with Crippen LogP contribution in [0.2, 0.25) is 0 Å². The highest BCUT2D eigenvalue weighted by Crippen LogP contribution is 2.40. The number of nitrogens with zero attached hydrogens (tertiary/aromatic N) is 2. The van der Waals surface area contributed by atoms with E-state index in [1.807, 2.05) is 0 Å². The second-order valence-electron chi connectivity index (χ2n) is 8.90. The summed E-state index contributed by atoms with van der Waals surface area (Å²) in [5.41, 5.74) is 11.4. The Hall–Kier alpha value is -3.94. The Labute approximate surface area is 203 Å². The SMILES string of the molecule is N=C(c1cc(O)cc(F)c1)c1c(N)ncnc1NCC1=C(C2=CCCCC2)C2=CCCC=C2CO1. The third-order valence-electron chi connectivity index (χ3n) is 6.53. The number of aromatic nitrogens is 2. The molecule has 3 aliphatic rings. The predicted octanol–water partition coefficient (Wildman–Crippen LogP) is 5.16. The largest absolute Gasteiger partial charge is 0.508 e. The number of anilines is 2. The molecule has 0 saturated heterocycles. The minimum absolute atomic E-state index is 0.0882. The minimum atomic E-state index is -0.648. The Morgan fingerprint density at radius 3 is 2.71 bits per heavy atom. The number of nitrogen functional groups attached to an aromatic ring is 1. The number of benzene rings is 1. The van der Waals surface area contributed by atoms with Crippen molar-refractivity contribution in [3.8, 4) is 5.75 Å². The van der Waals surface area contributed by atoms with Gasteiger partial charge in [0, 0.05) is 17.2 Å². The minimum Gasteiger partial charge on any atom is -0.508 e. The highest BCUT2D eigenvalue weighted by Gasteiger charge is 2.27. The summed E-state index contributed by atoms with van der Waals surface area (Å²) in [6, 6.07) is 3.46. The topological polar surface area (TPSA) is 117 Å². The lowest BCUT2D eigenvalue weighted by molar-refractivity contribution is 0.228. The van der Waals surface area contributed by atoms with Crippen LogP contribution < -0.4 is 11.1 Å². The molecule has 0 atom stereocenters. The van der Waals surface area contributed by atoms with Crippen molar-refractivity contribution < 1.29 is 14.2 Å². The van der Waals surface area contributed by atoms with Crippen molar-refractivity contribution in [2.75, 3.05) is 24.2 Å². The van der Waals surface area contributed by atoms with Gasteiger partial charge in [-0.3, -0.25) is 5.41 Å². The van der Waals surface area contributed by atoms with Crippen LogP contribution >= 0.6 is 0 Å². The molecule has 0 fully saturated rings. The standard InChI is InChI=1S/C27H28FN5O2/c28-19-10-18(11-20(34)12-19)25(29)24-26(30)32-15-33-27(24)31-13-22-23(16-6-2-1-3-7-16)21-9-5-4-8-17(21)14-35-22/h6,8-12,15,29,34H,1-5,7,13-14H2,(H3,30,31,32,33). The van der Waals surface area contributed by atoms with Crippen molar-refractivity contribution in [2.45, 2.75) is 38.5 Å². The van der Waals surface area contributed by atoms with Crippen LogP contribution in [0, 0.1) is 11.2 Å².